The van der Waals surface area contributed by atoms with Crippen LogP contribution in [0.4, 0.5) is 15.8 Å². The SMILES string of the molecule is CC(C)N(C)c1ccc(NC(=O)CCBr)cc1F. The second-order valence-electron chi connectivity index (χ2n) is 4.36. The summed E-state index contributed by atoms with van der Waals surface area (Å²) in [5.74, 6) is -0.459. The lowest BCUT2D eigenvalue weighted by atomic mass is 10.2. The van der Waals surface area contributed by atoms with Gasteiger partial charge in [-0.1, -0.05) is 15.9 Å². The fourth-order valence-corrected chi connectivity index (χ4v) is 1.82. The number of carbonyl (C=O) groups excluding carboxylic acids is 1. The van der Waals surface area contributed by atoms with Gasteiger partial charge in [-0.15, -0.1) is 0 Å². The highest BCUT2D eigenvalue weighted by Crippen LogP contribution is 2.23. The van der Waals surface area contributed by atoms with Gasteiger partial charge in [0.25, 0.3) is 0 Å². The molecule has 5 heteroatoms. The van der Waals surface area contributed by atoms with Crippen molar-refractivity contribution < 1.29 is 9.18 Å². The van der Waals surface area contributed by atoms with Gasteiger partial charge < -0.3 is 10.2 Å². The summed E-state index contributed by atoms with van der Waals surface area (Å²) in [5, 5.41) is 3.24. The van der Waals surface area contributed by atoms with E-state index in [9.17, 15) is 9.18 Å². The average molecular weight is 317 g/mol. The van der Waals surface area contributed by atoms with E-state index in [1.165, 1.54) is 6.07 Å². The van der Waals surface area contributed by atoms with Crippen molar-refractivity contribution in [3.05, 3.63) is 24.0 Å². The first-order chi connectivity index (χ1) is 8.45. The Hall–Kier alpha value is -1.10. The van der Waals surface area contributed by atoms with Crippen molar-refractivity contribution in [2.75, 3.05) is 22.6 Å². The number of hydrogen-bond acceptors (Lipinski definition) is 2. The smallest absolute Gasteiger partial charge is 0.225 e. The lowest BCUT2D eigenvalue weighted by Gasteiger charge is -2.24. The summed E-state index contributed by atoms with van der Waals surface area (Å²) < 4.78 is 13.9. The first-order valence-corrected chi connectivity index (χ1v) is 6.96. The van der Waals surface area contributed by atoms with Crippen LogP contribution in [0.2, 0.25) is 0 Å². The van der Waals surface area contributed by atoms with Crippen LogP contribution in [-0.4, -0.2) is 24.3 Å². The highest BCUT2D eigenvalue weighted by Gasteiger charge is 2.11. The van der Waals surface area contributed by atoms with Crippen molar-refractivity contribution in [1.82, 2.24) is 0 Å². The van der Waals surface area contributed by atoms with Gasteiger partial charge in [-0.05, 0) is 32.0 Å². The van der Waals surface area contributed by atoms with Gasteiger partial charge in [0.15, 0.2) is 0 Å². The fourth-order valence-electron chi connectivity index (χ4n) is 1.46. The van der Waals surface area contributed by atoms with Crippen molar-refractivity contribution in [3.63, 3.8) is 0 Å². The van der Waals surface area contributed by atoms with Gasteiger partial charge in [-0.2, -0.15) is 0 Å². The summed E-state index contributed by atoms with van der Waals surface area (Å²) in [6.45, 7) is 3.98. The van der Waals surface area contributed by atoms with Crippen LogP contribution in [0.15, 0.2) is 18.2 Å². The largest absolute Gasteiger partial charge is 0.370 e. The number of amides is 1. The van der Waals surface area contributed by atoms with Crippen molar-refractivity contribution in [2.45, 2.75) is 26.3 Å². The molecule has 0 atom stereocenters. The molecular formula is C13H18BrFN2O. The molecule has 0 aliphatic heterocycles. The third-order valence-corrected chi connectivity index (χ3v) is 3.10. The molecule has 1 amide bonds. The standard InChI is InChI=1S/C13H18BrFN2O/c1-9(2)17(3)12-5-4-10(8-11(12)15)16-13(18)6-7-14/h4-5,8-9H,6-7H2,1-3H3,(H,16,18). The molecule has 0 saturated carbocycles. The molecule has 1 aromatic carbocycles. The zero-order chi connectivity index (χ0) is 13.7. The van der Waals surface area contributed by atoms with E-state index >= 15 is 0 Å². The summed E-state index contributed by atoms with van der Waals surface area (Å²) in [5.41, 5.74) is 1.02. The Morgan fingerprint density at radius 2 is 2.17 bits per heavy atom. The first kappa shape index (κ1) is 15.0. The third-order valence-electron chi connectivity index (χ3n) is 2.71. The normalized spacial score (nSPS) is 10.6. The summed E-state index contributed by atoms with van der Waals surface area (Å²) in [7, 11) is 1.84. The van der Waals surface area contributed by atoms with Crippen LogP contribution in [0.3, 0.4) is 0 Å². The zero-order valence-electron chi connectivity index (χ0n) is 10.8. The molecule has 0 fully saturated rings. The Labute approximate surface area is 115 Å². The number of anilines is 2. The number of halogens is 2. The third kappa shape index (κ3) is 3.98. The molecule has 1 rings (SSSR count). The van der Waals surface area contributed by atoms with E-state index in [2.05, 4.69) is 21.2 Å². The predicted octanol–water partition coefficient (Wildman–Crippen LogP) is 3.39. The lowest BCUT2D eigenvalue weighted by Crippen LogP contribution is -2.26. The Balaban J connectivity index is 2.82. The lowest BCUT2D eigenvalue weighted by molar-refractivity contribution is -0.115. The second-order valence-corrected chi connectivity index (χ2v) is 5.15. The minimum Gasteiger partial charge on any atom is -0.370 e. The Morgan fingerprint density at radius 3 is 2.67 bits per heavy atom. The fraction of sp³-hybridized carbons (Fsp3) is 0.462. The van der Waals surface area contributed by atoms with Crippen LogP contribution in [0, 0.1) is 5.82 Å². The quantitative estimate of drug-likeness (QED) is 0.844. The molecule has 0 saturated heterocycles. The van der Waals surface area contributed by atoms with Crippen molar-refractivity contribution in [2.24, 2.45) is 0 Å². The molecular weight excluding hydrogens is 299 g/mol. The predicted molar refractivity (Wildman–Crippen MR) is 77.0 cm³/mol. The average Bonchev–Trinajstić information content (AvgIpc) is 2.28. The maximum atomic E-state index is 13.9. The van der Waals surface area contributed by atoms with Gasteiger partial charge in [0.05, 0.1) is 5.69 Å². The minimum atomic E-state index is -0.331. The first-order valence-electron chi connectivity index (χ1n) is 5.84. The van der Waals surface area contributed by atoms with Gasteiger partial charge in [0, 0.05) is 30.5 Å². The van der Waals surface area contributed by atoms with Crippen LogP contribution < -0.4 is 10.2 Å². The highest BCUT2D eigenvalue weighted by atomic mass is 79.9. The Kier molecular flexibility index (Phi) is 5.59. The van der Waals surface area contributed by atoms with E-state index in [1.807, 2.05) is 25.8 Å². The molecule has 100 valence electrons. The van der Waals surface area contributed by atoms with Gasteiger partial charge >= 0.3 is 0 Å². The van der Waals surface area contributed by atoms with E-state index in [0.717, 1.165) is 0 Å². The summed E-state index contributed by atoms with van der Waals surface area (Å²) in [4.78, 5) is 13.2. The number of carbonyl (C=O) groups is 1. The number of rotatable bonds is 5. The van der Waals surface area contributed by atoms with Gasteiger partial charge in [0.2, 0.25) is 5.91 Å². The molecule has 0 radical (unpaired) electrons. The van der Waals surface area contributed by atoms with E-state index in [4.69, 9.17) is 0 Å². The molecule has 0 aliphatic rings. The maximum absolute atomic E-state index is 13.9. The summed E-state index contributed by atoms with van der Waals surface area (Å²) >= 11 is 3.18. The van der Waals surface area contributed by atoms with E-state index in [-0.39, 0.29) is 17.8 Å². The molecule has 1 N–H and O–H groups in total. The topological polar surface area (TPSA) is 32.3 Å². The molecule has 0 aliphatic carbocycles. The van der Waals surface area contributed by atoms with Crippen LogP contribution >= 0.6 is 15.9 Å². The van der Waals surface area contributed by atoms with Crippen molar-refractivity contribution in [1.29, 1.82) is 0 Å². The summed E-state index contributed by atoms with van der Waals surface area (Å²) in [6, 6.07) is 4.95. The minimum absolute atomic E-state index is 0.128. The van der Waals surface area contributed by atoms with Gasteiger partial charge in [-0.25, -0.2) is 4.39 Å². The number of nitrogens with zero attached hydrogens (tertiary/aromatic N) is 1. The molecule has 0 aromatic heterocycles. The highest BCUT2D eigenvalue weighted by molar-refractivity contribution is 9.09. The molecule has 3 nitrogen and oxygen atoms in total. The van der Waals surface area contributed by atoms with Gasteiger partial charge in [-0.3, -0.25) is 4.79 Å². The zero-order valence-corrected chi connectivity index (χ0v) is 12.4. The van der Waals surface area contributed by atoms with Crippen LogP contribution in [0.1, 0.15) is 20.3 Å². The Morgan fingerprint density at radius 1 is 1.50 bits per heavy atom. The maximum Gasteiger partial charge on any atom is 0.225 e. The van der Waals surface area contributed by atoms with E-state index in [0.29, 0.717) is 23.1 Å². The van der Waals surface area contributed by atoms with Crippen LogP contribution in [0.5, 0.6) is 0 Å². The number of benzene rings is 1. The van der Waals surface area contributed by atoms with Crippen molar-refractivity contribution in [3.8, 4) is 0 Å². The monoisotopic (exact) mass is 316 g/mol. The molecule has 0 unspecified atom stereocenters. The van der Waals surface area contributed by atoms with Gasteiger partial charge in [0.1, 0.15) is 5.82 Å². The number of nitrogens with one attached hydrogen (secondary N) is 1. The van der Waals surface area contributed by atoms with E-state index < -0.39 is 0 Å². The summed E-state index contributed by atoms with van der Waals surface area (Å²) in [6.07, 6.45) is 0.370. The van der Waals surface area contributed by atoms with Crippen LogP contribution in [-0.2, 0) is 4.79 Å². The number of hydrogen-bond donors (Lipinski definition) is 1. The molecule has 0 heterocycles. The molecule has 1 aromatic rings. The second kappa shape index (κ2) is 6.73. The Bertz CT molecular complexity index is 423. The van der Waals surface area contributed by atoms with Crippen LogP contribution in [0.25, 0.3) is 0 Å². The molecule has 0 bridgehead atoms. The van der Waals surface area contributed by atoms with E-state index in [1.54, 1.807) is 12.1 Å². The van der Waals surface area contributed by atoms with Crippen molar-refractivity contribution >= 4 is 33.2 Å². The molecule has 0 spiro atoms. The molecule has 18 heavy (non-hydrogen) atoms. The number of alkyl halides is 1.